The van der Waals surface area contributed by atoms with Crippen molar-refractivity contribution < 1.29 is 14.3 Å². The number of aromatic nitrogens is 2. The van der Waals surface area contributed by atoms with Gasteiger partial charge in [0.05, 0.1) is 5.92 Å². The SMILES string of the molecule is Cc1ccc(N2CC(C(=O)NC3CCC(Oc4nc(C)cc(C)n4)CC3)CC2=O)cc1. The smallest absolute Gasteiger partial charge is 0.317 e. The predicted molar refractivity (Wildman–Crippen MR) is 118 cm³/mol. The Hall–Kier alpha value is -2.96. The highest BCUT2D eigenvalue weighted by Gasteiger charge is 2.36. The third-order valence-electron chi connectivity index (χ3n) is 6.10. The third-order valence-corrected chi connectivity index (χ3v) is 6.10. The molecule has 1 aromatic heterocycles. The number of carbonyl (C=O) groups is 2. The standard InChI is InChI=1S/C24H30N4O3/c1-15-4-8-20(9-5-15)28-14-18(13-22(28)29)23(30)27-19-6-10-21(11-7-19)31-24-25-16(2)12-17(3)26-24/h4-5,8-9,12,18-19,21H,6-7,10-11,13-14H2,1-3H3,(H,27,30). The Morgan fingerprint density at radius 1 is 1.03 bits per heavy atom. The molecule has 31 heavy (non-hydrogen) atoms. The summed E-state index contributed by atoms with van der Waals surface area (Å²) in [5, 5.41) is 3.16. The van der Waals surface area contributed by atoms with Crippen LogP contribution in [0.1, 0.15) is 49.1 Å². The number of ether oxygens (including phenoxy) is 1. The minimum absolute atomic E-state index is 0.00885. The molecular weight excluding hydrogens is 392 g/mol. The summed E-state index contributed by atoms with van der Waals surface area (Å²) in [6.07, 6.45) is 3.73. The van der Waals surface area contributed by atoms with E-state index in [-0.39, 0.29) is 36.3 Å². The molecule has 164 valence electrons. The van der Waals surface area contributed by atoms with Crippen LogP contribution in [-0.2, 0) is 9.59 Å². The highest BCUT2D eigenvalue weighted by Crippen LogP contribution is 2.27. The molecule has 2 fully saturated rings. The van der Waals surface area contributed by atoms with Crippen molar-refractivity contribution in [1.82, 2.24) is 15.3 Å². The Bertz CT molecular complexity index is 932. The van der Waals surface area contributed by atoms with E-state index in [0.29, 0.717) is 12.6 Å². The molecule has 1 unspecified atom stereocenters. The number of nitrogens with one attached hydrogen (secondary N) is 1. The number of nitrogens with zero attached hydrogens (tertiary/aromatic N) is 3. The van der Waals surface area contributed by atoms with Crippen molar-refractivity contribution >= 4 is 17.5 Å². The number of rotatable bonds is 5. The van der Waals surface area contributed by atoms with Gasteiger partial charge >= 0.3 is 6.01 Å². The molecule has 0 bridgehead atoms. The maximum absolute atomic E-state index is 12.8. The van der Waals surface area contributed by atoms with Gasteiger partial charge in [-0.1, -0.05) is 17.7 Å². The van der Waals surface area contributed by atoms with Gasteiger partial charge in [-0.05, 0) is 64.7 Å². The first-order chi connectivity index (χ1) is 14.9. The van der Waals surface area contributed by atoms with Gasteiger partial charge in [0.2, 0.25) is 11.8 Å². The monoisotopic (exact) mass is 422 g/mol. The van der Waals surface area contributed by atoms with Gasteiger partial charge in [0.25, 0.3) is 0 Å². The fraction of sp³-hybridized carbons (Fsp3) is 0.500. The molecule has 4 rings (SSSR count). The van der Waals surface area contributed by atoms with Crippen LogP contribution in [0.4, 0.5) is 5.69 Å². The molecule has 7 heteroatoms. The molecule has 1 atom stereocenters. The number of hydrogen-bond donors (Lipinski definition) is 1. The first-order valence-corrected chi connectivity index (χ1v) is 11.0. The predicted octanol–water partition coefficient (Wildman–Crippen LogP) is 3.26. The molecule has 7 nitrogen and oxygen atoms in total. The maximum Gasteiger partial charge on any atom is 0.317 e. The van der Waals surface area contributed by atoms with E-state index in [1.807, 2.05) is 51.1 Å². The Balaban J connectivity index is 1.26. The summed E-state index contributed by atoms with van der Waals surface area (Å²) < 4.78 is 5.97. The van der Waals surface area contributed by atoms with Gasteiger partial charge in [-0.3, -0.25) is 9.59 Å². The van der Waals surface area contributed by atoms with Crippen LogP contribution in [-0.4, -0.2) is 40.5 Å². The van der Waals surface area contributed by atoms with E-state index >= 15 is 0 Å². The van der Waals surface area contributed by atoms with Gasteiger partial charge in [0, 0.05) is 36.1 Å². The van der Waals surface area contributed by atoms with E-state index in [9.17, 15) is 9.59 Å². The number of hydrogen-bond acceptors (Lipinski definition) is 5. The van der Waals surface area contributed by atoms with E-state index < -0.39 is 0 Å². The minimum Gasteiger partial charge on any atom is -0.460 e. The summed E-state index contributed by atoms with van der Waals surface area (Å²) in [6.45, 7) is 6.32. The van der Waals surface area contributed by atoms with Gasteiger partial charge < -0.3 is 15.0 Å². The molecule has 2 amide bonds. The average molecular weight is 423 g/mol. The van der Waals surface area contributed by atoms with E-state index in [4.69, 9.17) is 4.74 Å². The summed E-state index contributed by atoms with van der Waals surface area (Å²) >= 11 is 0. The quantitative estimate of drug-likeness (QED) is 0.800. The first-order valence-electron chi connectivity index (χ1n) is 11.0. The average Bonchev–Trinajstić information content (AvgIpc) is 3.11. The number of carbonyl (C=O) groups excluding carboxylic acids is 2. The third kappa shape index (κ3) is 5.21. The normalized spacial score (nSPS) is 23.6. The summed E-state index contributed by atoms with van der Waals surface area (Å²) in [7, 11) is 0. The summed E-state index contributed by atoms with van der Waals surface area (Å²) in [5.74, 6) is -0.314. The topological polar surface area (TPSA) is 84.4 Å². The second-order valence-electron chi connectivity index (χ2n) is 8.77. The van der Waals surface area contributed by atoms with Crippen LogP contribution in [0.25, 0.3) is 0 Å². The molecule has 1 saturated carbocycles. The molecule has 2 heterocycles. The number of aryl methyl sites for hydroxylation is 3. The Morgan fingerprint density at radius 2 is 1.68 bits per heavy atom. The van der Waals surface area contributed by atoms with Crippen LogP contribution in [0.2, 0.25) is 0 Å². The maximum atomic E-state index is 12.8. The Kier molecular flexibility index (Phi) is 6.20. The van der Waals surface area contributed by atoms with Crippen molar-refractivity contribution in [3.05, 3.63) is 47.3 Å². The Labute approximate surface area is 183 Å². The first kappa shape index (κ1) is 21.3. The van der Waals surface area contributed by atoms with E-state index in [2.05, 4.69) is 15.3 Å². The van der Waals surface area contributed by atoms with E-state index in [1.165, 1.54) is 0 Å². The molecule has 1 aromatic carbocycles. The van der Waals surface area contributed by atoms with Crippen LogP contribution < -0.4 is 15.0 Å². The summed E-state index contributed by atoms with van der Waals surface area (Å²) in [4.78, 5) is 35.7. The molecule has 1 aliphatic heterocycles. The highest BCUT2D eigenvalue weighted by molar-refractivity contribution is 6.00. The van der Waals surface area contributed by atoms with Crippen LogP contribution in [0.5, 0.6) is 6.01 Å². The molecule has 1 aliphatic carbocycles. The lowest BCUT2D eigenvalue weighted by Crippen LogP contribution is -2.43. The zero-order valence-corrected chi connectivity index (χ0v) is 18.4. The van der Waals surface area contributed by atoms with E-state index in [0.717, 1.165) is 48.3 Å². The molecule has 1 N–H and O–H groups in total. The zero-order chi connectivity index (χ0) is 22.0. The zero-order valence-electron chi connectivity index (χ0n) is 18.4. The largest absolute Gasteiger partial charge is 0.460 e. The van der Waals surface area contributed by atoms with Gasteiger partial charge in [-0.2, -0.15) is 0 Å². The van der Waals surface area contributed by atoms with Crippen molar-refractivity contribution in [2.24, 2.45) is 5.92 Å². The lowest BCUT2D eigenvalue weighted by atomic mass is 9.92. The lowest BCUT2D eigenvalue weighted by molar-refractivity contribution is -0.127. The van der Waals surface area contributed by atoms with Crippen LogP contribution >= 0.6 is 0 Å². The van der Waals surface area contributed by atoms with Crippen molar-refractivity contribution in [3.63, 3.8) is 0 Å². The fourth-order valence-corrected chi connectivity index (χ4v) is 4.40. The number of anilines is 1. The summed E-state index contributed by atoms with van der Waals surface area (Å²) in [6, 6.07) is 10.3. The molecule has 2 aliphatic rings. The van der Waals surface area contributed by atoms with Gasteiger partial charge in [0.1, 0.15) is 6.10 Å². The molecular formula is C24H30N4O3. The van der Waals surface area contributed by atoms with Gasteiger partial charge in [0.15, 0.2) is 0 Å². The minimum atomic E-state index is -0.300. The highest BCUT2D eigenvalue weighted by atomic mass is 16.5. The van der Waals surface area contributed by atoms with E-state index in [1.54, 1.807) is 4.90 Å². The van der Waals surface area contributed by atoms with Crippen molar-refractivity contribution in [2.45, 2.75) is 65.0 Å². The fourth-order valence-electron chi connectivity index (χ4n) is 4.40. The van der Waals surface area contributed by atoms with Crippen LogP contribution in [0.15, 0.2) is 30.3 Å². The van der Waals surface area contributed by atoms with Crippen molar-refractivity contribution in [1.29, 1.82) is 0 Å². The van der Waals surface area contributed by atoms with Crippen LogP contribution in [0.3, 0.4) is 0 Å². The van der Waals surface area contributed by atoms with Crippen molar-refractivity contribution in [3.8, 4) is 6.01 Å². The van der Waals surface area contributed by atoms with Gasteiger partial charge in [-0.25, -0.2) is 9.97 Å². The van der Waals surface area contributed by atoms with Gasteiger partial charge in [-0.15, -0.1) is 0 Å². The van der Waals surface area contributed by atoms with Crippen molar-refractivity contribution in [2.75, 3.05) is 11.4 Å². The molecule has 0 radical (unpaired) electrons. The van der Waals surface area contributed by atoms with Crippen LogP contribution in [0, 0.1) is 26.7 Å². The second-order valence-corrected chi connectivity index (χ2v) is 8.77. The molecule has 2 aromatic rings. The Morgan fingerprint density at radius 3 is 2.32 bits per heavy atom. The molecule has 0 spiro atoms. The number of benzene rings is 1. The lowest BCUT2D eigenvalue weighted by Gasteiger charge is -2.29. The summed E-state index contributed by atoms with van der Waals surface area (Å²) in [5.41, 5.74) is 3.80. The number of amides is 2. The second kappa shape index (κ2) is 9.04. The molecule has 1 saturated heterocycles.